The van der Waals surface area contributed by atoms with Crippen molar-refractivity contribution in [2.75, 3.05) is 41.4 Å². The number of rotatable bonds is 6. The Kier molecular flexibility index (Phi) is 7.51. The zero-order valence-corrected chi connectivity index (χ0v) is 18.9. The van der Waals surface area contributed by atoms with Crippen LogP contribution >= 0.6 is 0 Å². The van der Waals surface area contributed by atoms with Gasteiger partial charge in [-0.1, -0.05) is 38.1 Å². The molecule has 156 valence electrons. The van der Waals surface area contributed by atoms with Gasteiger partial charge in [-0.2, -0.15) is 0 Å². The number of sulfonamides is 1. The van der Waals surface area contributed by atoms with E-state index in [0.29, 0.717) is 12.2 Å². The Bertz CT molecular complexity index is 1050. The van der Waals surface area contributed by atoms with Crippen molar-refractivity contribution >= 4 is 43.5 Å². The van der Waals surface area contributed by atoms with Crippen molar-refractivity contribution in [1.82, 2.24) is 0 Å². The number of nitrogens with one attached hydrogen (secondary N) is 1. The number of benzene rings is 3. The lowest BCUT2D eigenvalue weighted by Gasteiger charge is -2.21. The first-order valence-electron chi connectivity index (χ1n) is 9.85. The Labute approximate surface area is 175 Å². The molecule has 3 aromatic carbocycles. The Morgan fingerprint density at radius 3 is 1.97 bits per heavy atom. The molecule has 3 aromatic rings. The summed E-state index contributed by atoms with van der Waals surface area (Å²) in [5, 5.41) is 5.77. The molecule has 0 saturated carbocycles. The van der Waals surface area contributed by atoms with Crippen LogP contribution in [0, 0.1) is 0 Å². The van der Waals surface area contributed by atoms with E-state index in [0.717, 1.165) is 16.8 Å². The molecule has 0 bridgehead atoms. The summed E-state index contributed by atoms with van der Waals surface area (Å²) in [5.74, 6) is 0. The number of hydrogen-bond acceptors (Lipinski definition) is 4. The average Bonchev–Trinajstić information content (AvgIpc) is 2.70. The van der Waals surface area contributed by atoms with Crippen LogP contribution in [0.15, 0.2) is 60.7 Å². The second-order valence-corrected chi connectivity index (χ2v) is 8.58. The average molecular weight is 414 g/mol. The molecule has 3 rings (SSSR count). The van der Waals surface area contributed by atoms with E-state index >= 15 is 0 Å². The summed E-state index contributed by atoms with van der Waals surface area (Å²) < 4.78 is 25.1. The number of fused-ring (bicyclic) bond motifs is 1. The molecular formula is C23H31N3O2S. The lowest BCUT2D eigenvalue weighted by Crippen LogP contribution is -2.29. The summed E-state index contributed by atoms with van der Waals surface area (Å²) >= 11 is 0. The van der Waals surface area contributed by atoms with Gasteiger partial charge < -0.3 is 10.2 Å². The van der Waals surface area contributed by atoms with Gasteiger partial charge in [-0.25, -0.2) is 8.42 Å². The Balaban J connectivity index is 0.00000145. The standard InChI is InChI=1S/C21H25N3O2S.C2H6/c1-5-24(27(4,25)26)17-12-10-16(11-13-17)22-20-14-15-21(23(2)3)19-9-7-6-8-18(19)20;1-2/h6-15,22H,5H2,1-4H3;1-2H3. The molecule has 0 radical (unpaired) electrons. The molecule has 0 fully saturated rings. The summed E-state index contributed by atoms with van der Waals surface area (Å²) in [7, 11) is 0.800. The first-order chi connectivity index (χ1) is 13.8. The second-order valence-electron chi connectivity index (χ2n) is 6.67. The van der Waals surface area contributed by atoms with Crippen LogP contribution in [0.4, 0.5) is 22.7 Å². The zero-order chi connectivity index (χ0) is 21.6. The molecule has 29 heavy (non-hydrogen) atoms. The summed E-state index contributed by atoms with van der Waals surface area (Å²) in [6.07, 6.45) is 1.22. The van der Waals surface area contributed by atoms with Gasteiger partial charge in [0.1, 0.15) is 0 Å². The summed E-state index contributed by atoms with van der Waals surface area (Å²) in [6.45, 7) is 6.23. The fourth-order valence-electron chi connectivity index (χ4n) is 3.26. The first-order valence-corrected chi connectivity index (χ1v) is 11.7. The lowest BCUT2D eigenvalue weighted by molar-refractivity contribution is 0.598. The van der Waals surface area contributed by atoms with E-state index in [-0.39, 0.29) is 0 Å². The van der Waals surface area contributed by atoms with Crippen LogP contribution in [-0.2, 0) is 10.0 Å². The van der Waals surface area contributed by atoms with Crippen molar-refractivity contribution in [3.05, 3.63) is 60.7 Å². The van der Waals surface area contributed by atoms with Crippen molar-refractivity contribution in [2.45, 2.75) is 20.8 Å². The van der Waals surface area contributed by atoms with E-state index in [1.165, 1.54) is 21.6 Å². The predicted molar refractivity (Wildman–Crippen MR) is 127 cm³/mol. The quantitative estimate of drug-likeness (QED) is 0.583. The van der Waals surface area contributed by atoms with Crippen LogP contribution in [0.1, 0.15) is 20.8 Å². The van der Waals surface area contributed by atoms with Crippen molar-refractivity contribution < 1.29 is 8.42 Å². The zero-order valence-electron chi connectivity index (χ0n) is 18.1. The largest absolute Gasteiger partial charge is 0.377 e. The highest BCUT2D eigenvalue weighted by molar-refractivity contribution is 7.92. The third kappa shape index (κ3) is 5.21. The van der Waals surface area contributed by atoms with Gasteiger partial charge in [0, 0.05) is 48.5 Å². The van der Waals surface area contributed by atoms with Gasteiger partial charge in [-0.3, -0.25) is 4.31 Å². The lowest BCUT2D eigenvalue weighted by atomic mass is 10.1. The molecule has 0 aliphatic heterocycles. The minimum Gasteiger partial charge on any atom is -0.377 e. The highest BCUT2D eigenvalue weighted by Gasteiger charge is 2.15. The predicted octanol–water partition coefficient (Wildman–Crippen LogP) is 5.46. The molecule has 0 unspecified atom stereocenters. The van der Waals surface area contributed by atoms with E-state index < -0.39 is 10.0 Å². The highest BCUT2D eigenvalue weighted by Crippen LogP contribution is 2.33. The maximum absolute atomic E-state index is 11.9. The molecule has 5 nitrogen and oxygen atoms in total. The Morgan fingerprint density at radius 1 is 0.862 bits per heavy atom. The molecule has 0 aliphatic carbocycles. The summed E-state index contributed by atoms with van der Waals surface area (Å²) in [5.41, 5.74) is 3.75. The second kappa shape index (κ2) is 9.65. The van der Waals surface area contributed by atoms with Gasteiger partial charge in [0.15, 0.2) is 0 Å². The van der Waals surface area contributed by atoms with Gasteiger partial charge in [0.05, 0.1) is 11.9 Å². The van der Waals surface area contributed by atoms with Crippen molar-refractivity contribution in [2.24, 2.45) is 0 Å². The molecule has 0 aliphatic rings. The SMILES string of the molecule is CC.CCN(c1ccc(Nc2ccc(N(C)C)c3ccccc23)cc1)S(C)(=O)=O. The topological polar surface area (TPSA) is 52.6 Å². The minimum atomic E-state index is -3.27. The molecule has 0 amide bonds. The smallest absolute Gasteiger partial charge is 0.232 e. The van der Waals surface area contributed by atoms with E-state index in [4.69, 9.17) is 0 Å². The van der Waals surface area contributed by atoms with Crippen molar-refractivity contribution in [1.29, 1.82) is 0 Å². The van der Waals surface area contributed by atoms with Crippen LogP contribution < -0.4 is 14.5 Å². The van der Waals surface area contributed by atoms with Crippen LogP contribution in [-0.4, -0.2) is 35.3 Å². The van der Waals surface area contributed by atoms with Crippen LogP contribution in [0.2, 0.25) is 0 Å². The number of anilines is 4. The molecule has 6 heteroatoms. The summed E-state index contributed by atoms with van der Waals surface area (Å²) in [4.78, 5) is 2.10. The van der Waals surface area contributed by atoms with Crippen LogP contribution in [0.3, 0.4) is 0 Å². The third-order valence-electron chi connectivity index (χ3n) is 4.50. The van der Waals surface area contributed by atoms with Gasteiger partial charge >= 0.3 is 0 Å². The molecular weight excluding hydrogens is 382 g/mol. The minimum absolute atomic E-state index is 0.405. The normalized spacial score (nSPS) is 10.8. The van der Waals surface area contributed by atoms with E-state index in [1.807, 2.05) is 71.3 Å². The third-order valence-corrected chi connectivity index (χ3v) is 5.77. The van der Waals surface area contributed by atoms with Crippen molar-refractivity contribution in [3.8, 4) is 0 Å². The van der Waals surface area contributed by atoms with E-state index in [9.17, 15) is 8.42 Å². The van der Waals surface area contributed by atoms with Crippen LogP contribution in [0.5, 0.6) is 0 Å². The maximum atomic E-state index is 11.9. The van der Waals surface area contributed by atoms with Crippen LogP contribution in [0.25, 0.3) is 10.8 Å². The molecule has 0 aromatic heterocycles. The van der Waals surface area contributed by atoms with E-state index in [1.54, 1.807) is 0 Å². The van der Waals surface area contributed by atoms with Gasteiger partial charge in [0.25, 0.3) is 0 Å². The van der Waals surface area contributed by atoms with E-state index in [2.05, 4.69) is 34.5 Å². The highest BCUT2D eigenvalue weighted by atomic mass is 32.2. The Hall–Kier alpha value is -2.73. The number of nitrogens with zero attached hydrogens (tertiary/aromatic N) is 2. The summed E-state index contributed by atoms with van der Waals surface area (Å²) in [6, 6.07) is 19.9. The number of hydrogen-bond donors (Lipinski definition) is 1. The molecule has 1 N–H and O–H groups in total. The van der Waals surface area contributed by atoms with Gasteiger partial charge in [0.2, 0.25) is 10.0 Å². The first kappa shape index (κ1) is 22.6. The van der Waals surface area contributed by atoms with Crippen molar-refractivity contribution in [3.63, 3.8) is 0 Å². The fourth-order valence-corrected chi connectivity index (χ4v) is 4.23. The van der Waals surface area contributed by atoms with Gasteiger partial charge in [-0.05, 0) is 43.3 Å². The van der Waals surface area contributed by atoms with Gasteiger partial charge in [-0.15, -0.1) is 0 Å². The molecule has 0 spiro atoms. The molecule has 0 atom stereocenters. The fraction of sp³-hybridized carbons (Fsp3) is 0.304. The monoisotopic (exact) mass is 413 g/mol. The molecule has 0 heterocycles. The molecule has 0 saturated heterocycles. The Morgan fingerprint density at radius 2 is 1.45 bits per heavy atom. The maximum Gasteiger partial charge on any atom is 0.232 e.